The van der Waals surface area contributed by atoms with E-state index in [2.05, 4.69) is 123 Å². The molecule has 0 radical (unpaired) electrons. The molecule has 0 fully saturated rings. The minimum Gasteiger partial charge on any atom is -0.477 e. The minimum absolute atomic E-state index is 0.175. The number of quaternary nitrogens is 1. The fraction of sp³-hybridized carbons (Fsp3) is 0.632. The van der Waals surface area contributed by atoms with Crippen molar-refractivity contribution in [2.24, 2.45) is 0 Å². The Morgan fingerprint density at radius 2 is 0.864 bits per heavy atom. The fourth-order valence-corrected chi connectivity index (χ4v) is 6.30. The summed E-state index contributed by atoms with van der Waals surface area (Å²) in [6.45, 7) is 4.65. The van der Waals surface area contributed by atoms with Crippen LogP contribution in [0.3, 0.4) is 0 Å². The summed E-state index contributed by atoms with van der Waals surface area (Å²) < 4.78 is 22.7. The average Bonchev–Trinajstić information content (AvgIpc) is 3.28. The molecule has 0 saturated heterocycles. The Bertz CT molecular complexity index is 1440. The Hall–Kier alpha value is -4.05. The number of allylic oxidation sites excluding steroid dienone is 18. The van der Waals surface area contributed by atoms with Crippen molar-refractivity contribution in [3.63, 3.8) is 0 Å². The molecule has 374 valence electrons. The van der Waals surface area contributed by atoms with Crippen LogP contribution in [-0.4, -0.2) is 87.4 Å². The van der Waals surface area contributed by atoms with Crippen LogP contribution in [0.2, 0.25) is 0 Å². The SMILES string of the molecule is CC/C=C\C/C=C\C/C=C\C/C=C\C/C=C\C/C=C\C/C=C\CCCCCCCC(=O)OC(COC(=O)CCCCCCC/C=C\C/C=C\CCCC)COC(OCC[N+](C)(C)C)C(=O)O. The lowest BCUT2D eigenvalue weighted by Gasteiger charge is -2.25. The van der Waals surface area contributed by atoms with Crippen molar-refractivity contribution < 1.29 is 42.9 Å². The molecule has 0 aromatic rings. The lowest BCUT2D eigenvalue weighted by Crippen LogP contribution is -2.40. The van der Waals surface area contributed by atoms with Crippen LogP contribution in [0.5, 0.6) is 0 Å². The summed E-state index contributed by atoms with van der Waals surface area (Å²) in [6.07, 6.45) is 61.5. The van der Waals surface area contributed by atoms with Gasteiger partial charge in [0.2, 0.25) is 0 Å². The van der Waals surface area contributed by atoms with E-state index >= 15 is 0 Å². The molecular formula is C57H94NO8+. The normalized spacial score (nSPS) is 13.8. The van der Waals surface area contributed by atoms with Gasteiger partial charge < -0.3 is 28.5 Å². The van der Waals surface area contributed by atoms with Crippen LogP contribution in [0, 0.1) is 0 Å². The van der Waals surface area contributed by atoms with Gasteiger partial charge in [-0.05, 0) is 96.3 Å². The monoisotopic (exact) mass is 921 g/mol. The number of ether oxygens (including phenoxy) is 4. The Morgan fingerprint density at radius 3 is 1.29 bits per heavy atom. The van der Waals surface area contributed by atoms with E-state index in [0.717, 1.165) is 128 Å². The third-order valence-electron chi connectivity index (χ3n) is 10.3. The highest BCUT2D eigenvalue weighted by Gasteiger charge is 2.25. The maximum atomic E-state index is 12.8. The van der Waals surface area contributed by atoms with E-state index in [9.17, 15) is 19.5 Å². The van der Waals surface area contributed by atoms with Gasteiger partial charge in [-0.25, -0.2) is 4.79 Å². The topological polar surface area (TPSA) is 108 Å². The molecule has 0 heterocycles. The second-order valence-corrected chi connectivity index (χ2v) is 17.7. The molecule has 0 amide bonds. The molecule has 2 unspecified atom stereocenters. The van der Waals surface area contributed by atoms with Gasteiger partial charge in [0.1, 0.15) is 13.2 Å². The zero-order valence-electron chi connectivity index (χ0n) is 42.3. The molecule has 0 aromatic heterocycles. The molecule has 0 bridgehead atoms. The molecule has 0 aliphatic rings. The van der Waals surface area contributed by atoms with Gasteiger partial charge in [0.05, 0.1) is 34.4 Å². The third-order valence-corrected chi connectivity index (χ3v) is 10.3. The molecule has 66 heavy (non-hydrogen) atoms. The first-order valence-corrected chi connectivity index (χ1v) is 25.6. The molecule has 0 rings (SSSR count). The summed E-state index contributed by atoms with van der Waals surface area (Å²) >= 11 is 0. The van der Waals surface area contributed by atoms with Gasteiger partial charge in [-0.3, -0.25) is 9.59 Å². The number of rotatable bonds is 45. The zero-order valence-corrected chi connectivity index (χ0v) is 42.3. The van der Waals surface area contributed by atoms with Crippen LogP contribution >= 0.6 is 0 Å². The number of nitrogens with zero attached hydrogens (tertiary/aromatic N) is 1. The van der Waals surface area contributed by atoms with Crippen LogP contribution in [0.15, 0.2) is 109 Å². The zero-order chi connectivity index (χ0) is 48.4. The summed E-state index contributed by atoms with van der Waals surface area (Å²) in [5, 5.41) is 9.66. The Labute approximate surface area is 403 Å². The van der Waals surface area contributed by atoms with Gasteiger partial charge in [-0.1, -0.05) is 175 Å². The quantitative estimate of drug-likeness (QED) is 0.0212. The molecule has 2 atom stereocenters. The molecular weight excluding hydrogens is 827 g/mol. The van der Waals surface area contributed by atoms with Crippen molar-refractivity contribution in [2.45, 2.75) is 187 Å². The number of aliphatic carboxylic acids is 1. The predicted octanol–water partition coefficient (Wildman–Crippen LogP) is 14.4. The summed E-state index contributed by atoms with van der Waals surface area (Å²) in [5.74, 6) is -2.07. The van der Waals surface area contributed by atoms with E-state index in [1.54, 1.807) is 0 Å². The smallest absolute Gasteiger partial charge is 0.361 e. The van der Waals surface area contributed by atoms with E-state index in [-0.39, 0.29) is 38.6 Å². The molecule has 9 nitrogen and oxygen atoms in total. The Kier molecular flexibility index (Phi) is 44.5. The van der Waals surface area contributed by atoms with E-state index < -0.39 is 24.3 Å². The molecule has 0 spiro atoms. The van der Waals surface area contributed by atoms with Crippen LogP contribution in [0.1, 0.15) is 174 Å². The summed E-state index contributed by atoms with van der Waals surface area (Å²) in [6, 6.07) is 0. The summed E-state index contributed by atoms with van der Waals surface area (Å²) in [4.78, 5) is 37.2. The van der Waals surface area contributed by atoms with Gasteiger partial charge in [-0.2, -0.15) is 0 Å². The van der Waals surface area contributed by atoms with Crippen molar-refractivity contribution in [1.29, 1.82) is 0 Å². The van der Waals surface area contributed by atoms with E-state index in [4.69, 9.17) is 18.9 Å². The van der Waals surface area contributed by atoms with Crippen LogP contribution < -0.4 is 0 Å². The number of unbranched alkanes of at least 4 members (excludes halogenated alkanes) is 12. The average molecular weight is 921 g/mol. The van der Waals surface area contributed by atoms with E-state index in [0.29, 0.717) is 17.4 Å². The van der Waals surface area contributed by atoms with Crippen LogP contribution in [0.4, 0.5) is 0 Å². The third kappa shape index (κ3) is 47.9. The van der Waals surface area contributed by atoms with Crippen LogP contribution in [0.25, 0.3) is 0 Å². The number of carbonyl (C=O) groups is 3. The van der Waals surface area contributed by atoms with Crippen molar-refractivity contribution >= 4 is 17.9 Å². The van der Waals surface area contributed by atoms with Gasteiger partial charge in [0, 0.05) is 12.8 Å². The first-order chi connectivity index (χ1) is 32.1. The van der Waals surface area contributed by atoms with Crippen molar-refractivity contribution in [3.05, 3.63) is 109 Å². The highest BCUT2D eigenvalue weighted by Crippen LogP contribution is 2.12. The van der Waals surface area contributed by atoms with Gasteiger partial charge in [-0.15, -0.1) is 0 Å². The molecule has 0 aliphatic carbocycles. The lowest BCUT2D eigenvalue weighted by molar-refractivity contribution is -0.870. The number of carbonyl (C=O) groups excluding carboxylic acids is 2. The van der Waals surface area contributed by atoms with Crippen molar-refractivity contribution in [1.82, 2.24) is 0 Å². The Morgan fingerprint density at radius 1 is 0.470 bits per heavy atom. The number of likely N-dealkylation sites (N-methyl/N-ethyl adjacent to an activating group) is 1. The molecule has 0 aliphatic heterocycles. The molecule has 0 saturated carbocycles. The molecule has 1 N–H and O–H groups in total. The highest BCUT2D eigenvalue weighted by molar-refractivity contribution is 5.71. The number of esters is 2. The maximum absolute atomic E-state index is 12.8. The van der Waals surface area contributed by atoms with Crippen molar-refractivity contribution in [2.75, 3.05) is 47.5 Å². The standard InChI is InChI=1S/C57H93NO8/c1-6-8-10-12-14-16-18-20-22-23-24-25-26-27-28-29-30-31-32-33-34-36-38-40-42-44-46-48-55(60)66-53(52-65-57(56(61)62)63-50-49-58(3,4)5)51-64-54(59)47-45-43-41-39-37-35-21-19-17-15-13-11-9-7-2/h8,10,13-16,19-22,24-25,27-28,30-31,33-34,53,57H,6-7,9,11-12,17-18,23,26,29,32,35-52H2,1-5H3/p+1/b10-8-,15-13-,16-14-,21-19-,22-20-,25-24-,28-27-,31-30-,34-33-. The minimum atomic E-state index is -1.53. The number of hydrogen-bond donors (Lipinski definition) is 1. The Balaban J connectivity index is 4.41. The van der Waals surface area contributed by atoms with Gasteiger partial charge in [0.25, 0.3) is 6.29 Å². The van der Waals surface area contributed by atoms with E-state index in [1.165, 1.54) is 12.8 Å². The number of hydrogen-bond acceptors (Lipinski definition) is 7. The van der Waals surface area contributed by atoms with Gasteiger partial charge in [0.15, 0.2) is 6.10 Å². The largest absolute Gasteiger partial charge is 0.477 e. The number of carboxylic acid groups (broad SMARTS) is 1. The second-order valence-electron chi connectivity index (χ2n) is 17.7. The molecule has 0 aromatic carbocycles. The first kappa shape index (κ1) is 62.0. The lowest BCUT2D eigenvalue weighted by atomic mass is 10.1. The predicted molar refractivity (Wildman–Crippen MR) is 276 cm³/mol. The number of carboxylic acids is 1. The van der Waals surface area contributed by atoms with Crippen LogP contribution in [-0.2, 0) is 33.3 Å². The highest BCUT2D eigenvalue weighted by atomic mass is 16.7. The van der Waals surface area contributed by atoms with Gasteiger partial charge >= 0.3 is 17.9 Å². The maximum Gasteiger partial charge on any atom is 0.361 e. The second kappa shape index (κ2) is 47.4. The van der Waals surface area contributed by atoms with Crippen molar-refractivity contribution in [3.8, 4) is 0 Å². The summed E-state index contributed by atoms with van der Waals surface area (Å²) in [5.41, 5.74) is 0. The summed E-state index contributed by atoms with van der Waals surface area (Å²) in [7, 11) is 5.94. The fourth-order valence-electron chi connectivity index (χ4n) is 6.30. The van der Waals surface area contributed by atoms with E-state index in [1.807, 2.05) is 21.1 Å². The molecule has 9 heteroatoms. The first-order valence-electron chi connectivity index (χ1n) is 25.6.